The van der Waals surface area contributed by atoms with E-state index in [1.54, 1.807) is 48.5 Å². The molecule has 0 aliphatic carbocycles. The third kappa shape index (κ3) is 9.59. The van der Waals surface area contributed by atoms with Crippen LogP contribution in [-0.2, 0) is 33.7 Å². The summed E-state index contributed by atoms with van der Waals surface area (Å²) in [5.41, 5.74) is 13.2. The highest BCUT2D eigenvalue weighted by Crippen LogP contribution is 2.11. The number of hydrogen-bond donors (Lipinski definition) is 4. The van der Waals surface area contributed by atoms with Crippen molar-refractivity contribution in [3.05, 3.63) is 48.5 Å². The number of nitrogens with one attached hydrogen (secondary N) is 2. The summed E-state index contributed by atoms with van der Waals surface area (Å²) in [7, 11) is 0. The van der Waals surface area contributed by atoms with E-state index < -0.39 is 36.6 Å². The Morgan fingerprint density at radius 2 is 1.16 bits per heavy atom. The molecule has 0 fully saturated rings. The minimum absolute atomic E-state index is 0.0385. The van der Waals surface area contributed by atoms with Gasteiger partial charge in [0.05, 0.1) is 13.2 Å². The summed E-state index contributed by atoms with van der Waals surface area (Å²) in [5.74, 6) is -2.69. The Kier molecular flexibility index (Phi) is 9.47. The van der Waals surface area contributed by atoms with Crippen molar-refractivity contribution in [2.45, 2.75) is 19.3 Å². The molecule has 0 aromatic heterocycles. The van der Waals surface area contributed by atoms with Gasteiger partial charge in [-0.15, -0.1) is 0 Å². The van der Waals surface area contributed by atoms with E-state index >= 15 is 0 Å². The standard InChI is InChI=1S/C21H24N4O7/c22-14-2-6-16(7-3-14)24-18(26)12-20(28)30-10-1-11-31-32-21(29)13-19(27)25-17-8-4-15(23)5-9-17/h2-9H,1,10-13,22-23H2,(H,24,26)(H,25,27). The Bertz CT molecular complexity index is 853. The predicted molar refractivity (Wildman–Crippen MR) is 116 cm³/mol. The smallest absolute Gasteiger partial charge is 0.351 e. The maximum absolute atomic E-state index is 11.8. The number of rotatable bonds is 11. The van der Waals surface area contributed by atoms with Crippen molar-refractivity contribution in [2.24, 2.45) is 0 Å². The molecule has 2 aromatic rings. The second-order valence-electron chi connectivity index (χ2n) is 6.55. The monoisotopic (exact) mass is 444 g/mol. The lowest BCUT2D eigenvalue weighted by molar-refractivity contribution is -0.272. The van der Waals surface area contributed by atoms with E-state index in [0.29, 0.717) is 22.7 Å². The number of nitrogen functional groups attached to an aromatic ring is 2. The zero-order valence-corrected chi connectivity index (χ0v) is 17.2. The summed E-state index contributed by atoms with van der Waals surface area (Å²) < 4.78 is 4.90. The molecule has 0 aliphatic rings. The number of amides is 2. The molecule has 0 aliphatic heterocycles. The minimum Gasteiger partial charge on any atom is -0.465 e. The fourth-order valence-electron chi connectivity index (χ4n) is 2.30. The minimum atomic E-state index is -0.880. The Morgan fingerprint density at radius 3 is 1.66 bits per heavy atom. The molecule has 0 radical (unpaired) electrons. The van der Waals surface area contributed by atoms with E-state index in [-0.39, 0.29) is 19.6 Å². The van der Waals surface area contributed by atoms with Crippen LogP contribution < -0.4 is 22.1 Å². The maximum atomic E-state index is 11.8. The lowest BCUT2D eigenvalue weighted by Crippen LogP contribution is -2.19. The number of esters is 1. The van der Waals surface area contributed by atoms with E-state index in [2.05, 4.69) is 20.4 Å². The number of nitrogens with two attached hydrogens (primary N) is 2. The molecule has 0 atom stereocenters. The molecule has 0 spiro atoms. The molecule has 11 heteroatoms. The number of carbonyl (C=O) groups is 4. The van der Waals surface area contributed by atoms with Crippen molar-refractivity contribution >= 4 is 46.5 Å². The molecule has 2 amide bonds. The third-order valence-electron chi connectivity index (χ3n) is 3.79. The first kappa shape index (κ1) is 24.2. The van der Waals surface area contributed by atoms with Gasteiger partial charge in [-0.25, -0.2) is 4.79 Å². The molecular formula is C21H24N4O7. The van der Waals surface area contributed by atoms with Crippen LogP contribution in [0.15, 0.2) is 48.5 Å². The van der Waals surface area contributed by atoms with Crippen LogP contribution in [0.4, 0.5) is 22.7 Å². The second kappa shape index (κ2) is 12.5. The van der Waals surface area contributed by atoms with Crippen LogP contribution in [0.5, 0.6) is 0 Å². The fourth-order valence-corrected chi connectivity index (χ4v) is 2.30. The lowest BCUT2D eigenvalue weighted by Gasteiger charge is -2.07. The molecule has 32 heavy (non-hydrogen) atoms. The van der Waals surface area contributed by atoms with E-state index in [4.69, 9.17) is 16.2 Å². The highest BCUT2D eigenvalue weighted by molar-refractivity contribution is 6.02. The van der Waals surface area contributed by atoms with Crippen LogP contribution in [0.2, 0.25) is 0 Å². The van der Waals surface area contributed by atoms with Crippen LogP contribution >= 0.6 is 0 Å². The Hall–Kier alpha value is -4.12. The van der Waals surface area contributed by atoms with Crippen molar-refractivity contribution in [3.8, 4) is 0 Å². The Balaban J connectivity index is 1.51. The summed E-state index contributed by atoms with van der Waals surface area (Å²) in [5, 5.41) is 5.05. The SMILES string of the molecule is Nc1ccc(NC(=O)CC(=O)OCCCOOC(=O)CC(=O)Nc2ccc(N)cc2)cc1. The van der Waals surface area contributed by atoms with Gasteiger partial charge in [0.15, 0.2) is 0 Å². The van der Waals surface area contributed by atoms with E-state index in [1.807, 2.05) is 0 Å². The van der Waals surface area contributed by atoms with Gasteiger partial charge in [0, 0.05) is 29.2 Å². The summed E-state index contributed by atoms with van der Waals surface area (Å²) in [4.78, 5) is 55.9. The van der Waals surface area contributed by atoms with Crippen molar-refractivity contribution in [2.75, 3.05) is 35.3 Å². The highest BCUT2D eigenvalue weighted by Gasteiger charge is 2.13. The third-order valence-corrected chi connectivity index (χ3v) is 3.79. The normalized spacial score (nSPS) is 10.1. The first-order valence-electron chi connectivity index (χ1n) is 9.60. The first-order chi connectivity index (χ1) is 15.3. The predicted octanol–water partition coefficient (Wildman–Crippen LogP) is 1.62. The topological polar surface area (TPSA) is 172 Å². The van der Waals surface area contributed by atoms with Gasteiger partial charge in [0.1, 0.15) is 12.8 Å². The Morgan fingerprint density at radius 1 is 0.688 bits per heavy atom. The molecule has 2 aromatic carbocycles. The Labute approximate surface area is 183 Å². The summed E-state index contributed by atoms with van der Waals surface area (Å²) in [6.45, 7) is -0.0978. The van der Waals surface area contributed by atoms with Crippen molar-refractivity contribution in [3.63, 3.8) is 0 Å². The zero-order chi connectivity index (χ0) is 23.3. The molecule has 0 saturated heterocycles. The van der Waals surface area contributed by atoms with Gasteiger partial charge < -0.3 is 26.8 Å². The van der Waals surface area contributed by atoms with Crippen molar-refractivity contribution < 1.29 is 33.7 Å². The van der Waals surface area contributed by atoms with Crippen LogP contribution in [0, 0.1) is 0 Å². The van der Waals surface area contributed by atoms with E-state index in [0.717, 1.165) is 0 Å². The molecule has 0 bridgehead atoms. The summed E-state index contributed by atoms with van der Waals surface area (Å²) >= 11 is 0. The molecular weight excluding hydrogens is 420 g/mol. The number of hydrogen-bond acceptors (Lipinski definition) is 9. The number of carbonyl (C=O) groups excluding carboxylic acids is 4. The maximum Gasteiger partial charge on any atom is 0.351 e. The highest BCUT2D eigenvalue weighted by atomic mass is 17.2. The van der Waals surface area contributed by atoms with Gasteiger partial charge in [0.25, 0.3) is 0 Å². The van der Waals surface area contributed by atoms with Gasteiger partial charge in [-0.2, -0.15) is 4.89 Å². The van der Waals surface area contributed by atoms with Gasteiger partial charge in [-0.05, 0) is 48.5 Å². The van der Waals surface area contributed by atoms with Gasteiger partial charge >= 0.3 is 11.9 Å². The molecule has 0 unspecified atom stereocenters. The quantitative estimate of drug-likeness (QED) is 0.100. The molecule has 11 nitrogen and oxygen atoms in total. The zero-order valence-electron chi connectivity index (χ0n) is 17.2. The van der Waals surface area contributed by atoms with Crippen LogP contribution in [-0.4, -0.2) is 37.0 Å². The second-order valence-corrected chi connectivity index (χ2v) is 6.55. The fraction of sp³-hybridized carbons (Fsp3) is 0.238. The molecule has 2 rings (SSSR count). The van der Waals surface area contributed by atoms with Gasteiger partial charge in [-0.1, -0.05) is 0 Å². The number of benzene rings is 2. The average Bonchev–Trinajstić information content (AvgIpc) is 2.73. The largest absolute Gasteiger partial charge is 0.465 e. The summed E-state index contributed by atoms with van der Waals surface area (Å²) in [6.07, 6.45) is -0.776. The number of anilines is 4. The lowest BCUT2D eigenvalue weighted by atomic mass is 10.3. The molecule has 0 heterocycles. The average molecular weight is 444 g/mol. The van der Waals surface area contributed by atoms with Gasteiger partial charge in [-0.3, -0.25) is 19.3 Å². The summed E-state index contributed by atoms with van der Waals surface area (Å²) in [6, 6.07) is 12.9. The van der Waals surface area contributed by atoms with Crippen molar-refractivity contribution in [1.29, 1.82) is 0 Å². The van der Waals surface area contributed by atoms with Crippen LogP contribution in [0.1, 0.15) is 19.3 Å². The van der Waals surface area contributed by atoms with Gasteiger partial charge in [0.2, 0.25) is 11.8 Å². The molecule has 170 valence electrons. The van der Waals surface area contributed by atoms with Crippen LogP contribution in [0.3, 0.4) is 0 Å². The molecule has 6 N–H and O–H groups in total. The first-order valence-corrected chi connectivity index (χ1v) is 9.60. The number of ether oxygens (including phenoxy) is 1. The molecule has 0 saturated carbocycles. The van der Waals surface area contributed by atoms with Crippen LogP contribution in [0.25, 0.3) is 0 Å². The van der Waals surface area contributed by atoms with E-state index in [1.165, 1.54) is 0 Å². The van der Waals surface area contributed by atoms with E-state index in [9.17, 15) is 19.2 Å². The van der Waals surface area contributed by atoms with Crippen molar-refractivity contribution in [1.82, 2.24) is 0 Å².